The van der Waals surface area contributed by atoms with Gasteiger partial charge in [0.2, 0.25) is 5.91 Å². The number of halogens is 1. The van der Waals surface area contributed by atoms with Crippen LogP contribution in [0.3, 0.4) is 0 Å². The maximum Gasteiger partial charge on any atom is 0.335 e. The van der Waals surface area contributed by atoms with Crippen molar-refractivity contribution in [2.75, 3.05) is 12.3 Å². The average molecular weight is 314 g/mol. The van der Waals surface area contributed by atoms with Crippen LogP contribution < -0.4 is 5.32 Å². The summed E-state index contributed by atoms with van der Waals surface area (Å²) in [7, 11) is -4.22. The van der Waals surface area contributed by atoms with Crippen molar-refractivity contribution in [2.45, 2.75) is 11.8 Å². The van der Waals surface area contributed by atoms with Crippen molar-refractivity contribution in [3.63, 3.8) is 0 Å². The van der Waals surface area contributed by atoms with E-state index in [2.05, 4.69) is 0 Å². The molecule has 0 radical (unpaired) electrons. The van der Waals surface area contributed by atoms with Crippen molar-refractivity contribution >= 4 is 21.7 Å². The van der Waals surface area contributed by atoms with Gasteiger partial charge < -0.3 is 10.4 Å². The van der Waals surface area contributed by atoms with E-state index in [0.717, 1.165) is 6.07 Å². The number of carbonyl (C=O) groups excluding carboxylic acids is 1. The number of carboxylic acids is 1. The fourth-order valence-corrected chi connectivity index (χ4v) is 3.01. The second kappa shape index (κ2) is 6.32. The van der Waals surface area contributed by atoms with Gasteiger partial charge >= 0.3 is 5.97 Å². The van der Waals surface area contributed by atoms with Gasteiger partial charge in [0, 0.05) is 5.56 Å². The topological polar surface area (TPSA) is 124 Å². The van der Waals surface area contributed by atoms with E-state index in [4.69, 9.17) is 10.4 Å². The zero-order valence-corrected chi connectivity index (χ0v) is 11.7. The minimum Gasteiger partial charge on any atom is -0.478 e. The molecular weight excluding hydrogens is 303 g/mol. The Bertz CT molecular complexity index is 737. The summed E-state index contributed by atoms with van der Waals surface area (Å²) in [5, 5.41) is 19.1. The minimum atomic E-state index is -4.22. The van der Waals surface area contributed by atoms with Crippen LogP contribution in [0, 0.1) is 24.1 Å². The first-order valence-corrected chi connectivity index (χ1v) is 7.24. The van der Waals surface area contributed by atoms with Gasteiger partial charge in [0.15, 0.2) is 9.84 Å². The largest absolute Gasteiger partial charge is 0.478 e. The van der Waals surface area contributed by atoms with Crippen molar-refractivity contribution < 1.29 is 27.5 Å². The number of nitriles is 1. The van der Waals surface area contributed by atoms with Gasteiger partial charge in [-0.3, -0.25) is 4.79 Å². The molecular formula is C12H11FN2O5S. The number of nitrogens with zero attached hydrogens (tertiary/aromatic N) is 1. The number of carboxylic acid groups (broad SMARTS) is 1. The Morgan fingerprint density at radius 1 is 1.43 bits per heavy atom. The van der Waals surface area contributed by atoms with E-state index in [-0.39, 0.29) is 12.1 Å². The molecule has 0 saturated heterocycles. The first-order valence-electron chi connectivity index (χ1n) is 5.59. The second-order valence-electron chi connectivity index (χ2n) is 4.08. The Labute approximate surface area is 119 Å². The summed E-state index contributed by atoms with van der Waals surface area (Å²) in [4.78, 5) is 21.6. The van der Waals surface area contributed by atoms with Crippen LogP contribution in [0.15, 0.2) is 17.0 Å². The number of carbonyl (C=O) groups is 2. The Balaban J connectivity index is 3.22. The van der Waals surface area contributed by atoms with Crippen LogP contribution in [-0.4, -0.2) is 37.7 Å². The number of amides is 1. The number of nitrogens with one attached hydrogen (secondary N) is 1. The van der Waals surface area contributed by atoms with Gasteiger partial charge in [-0.25, -0.2) is 17.6 Å². The number of hydrogen-bond donors (Lipinski definition) is 2. The van der Waals surface area contributed by atoms with Gasteiger partial charge in [0.25, 0.3) is 0 Å². The smallest absolute Gasteiger partial charge is 0.335 e. The van der Waals surface area contributed by atoms with Crippen LogP contribution >= 0.6 is 0 Å². The monoisotopic (exact) mass is 314 g/mol. The van der Waals surface area contributed by atoms with E-state index in [1.165, 1.54) is 6.92 Å². The van der Waals surface area contributed by atoms with Crippen molar-refractivity contribution in [1.29, 1.82) is 5.26 Å². The normalized spacial score (nSPS) is 10.7. The van der Waals surface area contributed by atoms with E-state index >= 15 is 0 Å². The molecule has 0 bridgehead atoms. The minimum absolute atomic E-state index is 0.270. The summed E-state index contributed by atoms with van der Waals surface area (Å²) in [5.41, 5.74) is -0.804. The third kappa shape index (κ3) is 4.00. The molecule has 112 valence electrons. The lowest BCUT2D eigenvalue weighted by Gasteiger charge is -2.09. The third-order valence-electron chi connectivity index (χ3n) is 2.56. The van der Waals surface area contributed by atoms with Crippen LogP contribution in [0.1, 0.15) is 15.9 Å². The van der Waals surface area contributed by atoms with E-state index in [1.807, 2.05) is 5.32 Å². The van der Waals surface area contributed by atoms with Crippen molar-refractivity contribution in [3.05, 3.63) is 29.1 Å². The number of rotatable bonds is 5. The first kappa shape index (κ1) is 16.6. The van der Waals surface area contributed by atoms with Crippen molar-refractivity contribution in [3.8, 4) is 6.07 Å². The second-order valence-corrected chi connectivity index (χ2v) is 6.04. The molecule has 2 N–H and O–H groups in total. The standard InChI is InChI=1S/C12H11FN2O5S/c1-7-9(13)4-8(12(17)18)5-10(7)21(19,20)6-11(16)15-3-2-14/h4-5H,3,6H2,1H3,(H,15,16)(H,17,18). The molecule has 1 amide bonds. The summed E-state index contributed by atoms with van der Waals surface area (Å²) >= 11 is 0. The van der Waals surface area contributed by atoms with Gasteiger partial charge in [0.1, 0.15) is 18.1 Å². The number of benzene rings is 1. The van der Waals surface area contributed by atoms with E-state index < -0.39 is 43.7 Å². The Morgan fingerprint density at radius 3 is 2.57 bits per heavy atom. The summed E-state index contributed by atoms with van der Waals surface area (Å²) in [6.45, 7) is 0.803. The number of hydrogen-bond acceptors (Lipinski definition) is 5. The van der Waals surface area contributed by atoms with Crippen LogP contribution in [0.4, 0.5) is 4.39 Å². The van der Waals surface area contributed by atoms with Crippen molar-refractivity contribution in [2.24, 2.45) is 0 Å². The van der Waals surface area contributed by atoms with Gasteiger partial charge in [0.05, 0.1) is 16.5 Å². The zero-order valence-electron chi connectivity index (χ0n) is 10.9. The van der Waals surface area contributed by atoms with E-state index in [0.29, 0.717) is 6.07 Å². The highest BCUT2D eigenvalue weighted by molar-refractivity contribution is 7.92. The molecule has 1 aromatic carbocycles. The van der Waals surface area contributed by atoms with Gasteiger partial charge in [-0.15, -0.1) is 0 Å². The molecule has 1 aromatic rings. The van der Waals surface area contributed by atoms with Crippen LogP contribution in [0.2, 0.25) is 0 Å². The summed E-state index contributed by atoms with van der Waals surface area (Å²) in [5.74, 6) is -4.42. The molecule has 0 aliphatic rings. The molecule has 9 heteroatoms. The van der Waals surface area contributed by atoms with Gasteiger partial charge in [-0.05, 0) is 19.1 Å². The lowest BCUT2D eigenvalue weighted by Crippen LogP contribution is -2.30. The molecule has 0 heterocycles. The van der Waals surface area contributed by atoms with Crippen LogP contribution in [0.25, 0.3) is 0 Å². The average Bonchev–Trinajstić information content (AvgIpc) is 2.38. The number of sulfone groups is 1. The fourth-order valence-electron chi connectivity index (χ4n) is 1.54. The molecule has 0 aliphatic heterocycles. The molecule has 0 atom stereocenters. The maximum absolute atomic E-state index is 13.6. The highest BCUT2D eigenvalue weighted by Crippen LogP contribution is 2.22. The molecule has 0 aromatic heterocycles. The van der Waals surface area contributed by atoms with Gasteiger partial charge in [-0.1, -0.05) is 0 Å². The quantitative estimate of drug-likeness (QED) is 0.750. The SMILES string of the molecule is Cc1c(F)cc(C(=O)O)cc1S(=O)(=O)CC(=O)NCC#N. The van der Waals surface area contributed by atoms with Crippen LogP contribution in [-0.2, 0) is 14.6 Å². The summed E-state index contributed by atoms with van der Waals surface area (Å²) in [6, 6.07) is 3.10. The predicted octanol–water partition coefficient (Wildman–Crippen LogP) is 0.246. The van der Waals surface area contributed by atoms with Crippen molar-refractivity contribution in [1.82, 2.24) is 5.32 Å². The summed E-state index contributed by atoms with van der Waals surface area (Å²) < 4.78 is 37.7. The summed E-state index contributed by atoms with van der Waals surface area (Å²) in [6.07, 6.45) is 0. The molecule has 0 aliphatic carbocycles. The van der Waals surface area contributed by atoms with Gasteiger partial charge in [-0.2, -0.15) is 5.26 Å². The zero-order chi connectivity index (χ0) is 16.2. The molecule has 0 fully saturated rings. The lowest BCUT2D eigenvalue weighted by atomic mass is 10.1. The Morgan fingerprint density at radius 2 is 2.05 bits per heavy atom. The Hall–Kier alpha value is -2.47. The predicted molar refractivity (Wildman–Crippen MR) is 68.8 cm³/mol. The third-order valence-corrected chi connectivity index (χ3v) is 4.30. The molecule has 1 rings (SSSR count). The number of aromatic carboxylic acids is 1. The maximum atomic E-state index is 13.6. The van der Waals surface area contributed by atoms with Crippen LogP contribution in [0.5, 0.6) is 0 Å². The van der Waals surface area contributed by atoms with E-state index in [9.17, 15) is 22.4 Å². The van der Waals surface area contributed by atoms with E-state index in [1.54, 1.807) is 6.07 Å². The highest BCUT2D eigenvalue weighted by Gasteiger charge is 2.24. The first-order chi connectivity index (χ1) is 9.69. The molecule has 21 heavy (non-hydrogen) atoms. The highest BCUT2D eigenvalue weighted by atomic mass is 32.2. The molecule has 0 unspecified atom stereocenters. The lowest BCUT2D eigenvalue weighted by molar-refractivity contribution is -0.118. The fraction of sp³-hybridized carbons (Fsp3) is 0.250. The molecule has 0 saturated carbocycles. The molecule has 7 nitrogen and oxygen atoms in total. The molecule has 0 spiro atoms. The Kier molecular flexibility index (Phi) is 4.99.